The van der Waals surface area contributed by atoms with Crippen molar-refractivity contribution < 1.29 is 23.8 Å². The average Bonchev–Trinajstić information content (AvgIpc) is 3.55. The summed E-state index contributed by atoms with van der Waals surface area (Å²) in [6, 6.07) is 22.1. The van der Waals surface area contributed by atoms with Gasteiger partial charge in [0.15, 0.2) is 0 Å². The van der Waals surface area contributed by atoms with Gasteiger partial charge in [-0.25, -0.2) is 4.79 Å². The van der Waals surface area contributed by atoms with Crippen LogP contribution < -0.4 is 21.9 Å². The van der Waals surface area contributed by atoms with Crippen molar-refractivity contribution in [2.45, 2.75) is 132 Å². The Labute approximate surface area is 350 Å². The summed E-state index contributed by atoms with van der Waals surface area (Å²) < 4.78 is 16.9. The first-order valence-electron chi connectivity index (χ1n) is 21.9. The number of nitrogen functional groups attached to an aromatic ring is 3. The van der Waals surface area contributed by atoms with Crippen LogP contribution in [0.25, 0.3) is 0 Å². The Hall–Kier alpha value is -4.20. The van der Waals surface area contributed by atoms with Crippen molar-refractivity contribution in [3.63, 3.8) is 0 Å². The molecule has 0 spiro atoms. The largest absolute Gasteiger partial charge is 0.497 e. The lowest BCUT2D eigenvalue weighted by atomic mass is 9.48. The molecule has 3 aromatic rings. The number of ether oxygens (including phenoxy) is 3. The van der Waals surface area contributed by atoms with Crippen LogP contribution in [0.5, 0.6) is 5.75 Å². The normalized spacial score (nSPS) is 29.4. The molecule has 0 amide bonds. The van der Waals surface area contributed by atoms with Crippen LogP contribution in [-0.4, -0.2) is 31.8 Å². The standard InChI is InChI=1S/C36H57NO4.C7H9NO.C7H9N/c1-8-35(6)30(24(4)11-9-10-23(2)3)16-17-31(35)29-21-33(41-34(39)26-12-14-27(37)15-13-26)32-20-28(40-22-38)18-19-36(32,7)25(29)5;1-9-7-4-2-6(8)3-5-7;1-6-2-4-7(8)5-3-6/h12-15,22-25,28-33H,8-11,16-21,37H2,1-7H3;2-5H,8H2,1H3;2-5H,8H2,1H3. The first-order valence-corrected chi connectivity index (χ1v) is 21.9. The Kier molecular flexibility index (Phi) is 17.0. The van der Waals surface area contributed by atoms with Crippen LogP contribution in [0.1, 0.15) is 129 Å². The third kappa shape index (κ3) is 11.7. The van der Waals surface area contributed by atoms with Gasteiger partial charge < -0.3 is 31.4 Å². The van der Waals surface area contributed by atoms with Gasteiger partial charge in [-0.2, -0.15) is 0 Å². The Balaban J connectivity index is 0.000000358. The average molecular weight is 798 g/mol. The van der Waals surface area contributed by atoms with E-state index in [1.807, 2.05) is 43.3 Å². The lowest BCUT2D eigenvalue weighted by molar-refractivity contribution is -0.162. The van der Waals surface area contributed by atoms with Crippen LogP contribution in [0, 0.1) is 59.2 Å². The van der Waals surface area contributed by atoms with Crippen LogP contribution in [0.3, 0.4) is 0 Å². The van der Waals surface area contributed by atoms with Gasteiger partial charge in [-0.05, 0) is 152 Å². The number of esters is 1. The number of carbonyl (C=O) groups is 2. The molecule has 10 atom stereocenters. The molecular weight excluding hydrogens is 723 g/mol. The Morgan fingerprint density at radius 1 is 0.828 bits per heavy atom. The molecule has 8 nitrogen and oxygen atoms in total. The maximum atomic E-state index is 13.4. The number of benzene rings is 3. The fourth-order valence-electron chi connectivity index (χ4n) is 10.9. The number of hydrogen-bond donors (Lipinski definition) is 3. The molecule has 0 saturated heterocycles. The highest BCUT2D eigenvalue weighted by molar-refractivity contribution is 5.89. The van der Waals surface area contributed by atoms with E-state index in [4.69, 9.17) is 31.4 Å². The highest BCUT2D eigenvalue weighted by Crippen LogP contribution is 2.64. The molecule has 0 bridgehead atoms. The number of methoxy groups -OCH3 is 1. The van der Waals surface area contributed by atoms with Crippen molar-refractivity contribution in [1.29, 1.82) is 0 Å². The van der Waals surface area contributed by atoms with Crippen LogP contribution in [0.15, 0.2) is 72.8 Å². The minimum absolute atomic E-state index is 0.0351. The summed E-state index contributed by atoms with van der Waals surface area (Å²) in [4.78, 5) is 24.7. The van der Waals surface area contributed by atoms with Crippen LogP contribution in [0.2, 0.25) is 0 Å². The molecule has 3 fully saturated rings. The monoisotopic (exact) mass is 798 g/mol. The molecule has 6 N–H and O–H groups in total. The number of carbonyl (C=O) groups excluding carboxylic acids is 2. The lowest BCUT2D eigenvalue weighted by Crippen LogP contribution is -2.56. The highest BCUT2D eigenvalue weighted by atomic mass is 16.5. The third-order valence-corrected chi connectivity index (χ3v) is 14.7. The van der Waals surface area contributed by atoms with Crippen molar-refractivity contribution >= 4 is 29.5 Å². The molecule has 320 valence electrons. The fraction of sp³-hybridized carbons (Fsp3) is 0.600. The smallest absolute Gasteiger partial charge is 0.338 e. The minimum Gasteiger partial charge on any atom is -0.497 e. The molecule has 0 heterocycles. The topological polar surface area (TPSA) is 140 Å². The molecule has 0 aliphatic heterocycles. The van der Waals surface area contributed by atoms with Crippen molar-refractivity contribution in [3.05, 3.63) is 83.9 Å². The molecule has 3 saturated carbocycles. The molecular formula is C50H75N3O5. The van der Waals surface area contributed by atoms with Gasteiger partial charge >= 0.3 is 5.97 Å². The predicted molar refractivity (Wildman–Crippen MR) is 239 cm³/mol. The first-order chi connectivity index (χ1) is 27.6. The summed E-state index contributed by atoms with van der Waals surface area (Å²) in [7, 11) is 1.63. The predicted octanol–water partition coefficient (Wildman–Crippen LogP) is 11.6. The number of nitrogens with two attached hydrogens (primary N) is 3. The summed E-state index contributed by atoms with van der Waals surface area (Å²) in [5, 5.41) is 0. The van der Waals surface area contributed by atoms with Crippen molar-refractivity contribution in [3.8, 4) is 5.75 Å². The van der Waals surface area contributed by atoms with Crippen LogP contribution in [-0.2, 0) is 14.3 Å². The molecule has 3 aliphatic rings. The van der Waals surface area contributed by atoms with Crippen LogP contribution in [0.4, 0.5) is 17.1 Å². The van der Waals surface area contributed by atoms with Gasteiger partial charge in [0.2, 0.25) is 0 Å². The number of aryl methyl sites for hydroxylation is 1. The second-order valence-corrected chi connectivity index (χ2v) is 18.6. The number of hydrogen-bond acceptors (Lipinski definition) is 8. The van der Waals surface area contributed by atoms with Gasteiger partial charge in [0.25, 0.3) is 6.47 Å². The molecule has 10 unspecified atom stereocenters. The minimum atomic E-state index is -0.273. The Bertz CT molecular complexity index is 1670. The molecule has 8 heteroatoms. The highest BCUT2D eigenvalue weighted by Gasteiger charge is 2.59. The van der Waals surface area contributed by atoms with Crippen molar-refractivity contribution in [1.82, 2.24) is 0 Å². The van der Waals surface area contributed by atoms with E-state index in [1.165, 1.54) is 44.1 Å². The van der Waals surface area contributed by atoms with E-state index in [9.17, 15) is 9.59 Å². The molecule has 58 heavy (non-hydrogen) atoms. The van der Waals surface area contributed by atoms with Gasteiger partial charge in [0.05, 0.1) is 12.7 Å². The van der Waals surface area contributed by atoms with Gasteiger partial charge in [0, 0.05) is 23.0 Å². The lowest BCUT2D eigenvalue weighted by Gasteiger charge is -2.59. The molecule has 0 radical (unpaired) electrons. The molecule has 6 rings (SSSR count). The van der Waals surface area contributed by atoms with E-state index >= 15 is 0 Å². The Morgan fingerprint density at radius 3 is 1.95 bits per heavy atom. The number of anilines is 3. The zero-order valence-corrected chi connectivity index (χ0v) is 37.0. The summed E-state index contributed by atoms with van der Waals surface area (Å²) in [6.07, 6.45) is 11.0. The van der Waals surface area contributed by atoms with E-state index in [2.05, 4.69) is 48.5 Å². The Morgan fingerprint density at radius 2 is 1.41 bits per heavy atom. The van der Waals surface area contributed by atoms with Gasteiger partial charge in [-0.1, -0.05) is 91.8 Å². The quantitative estimate of drug-likeness (QED) is 0.0935. The van der Waals surface area contributed by atoms with Gasteiger partial charge in [-0.3, -0.25) is 4.79 Å². The molecule has 3 aromatic carbocycles. The first kappa shape index (κ1) is 46.5. The van der Waals surface area contributed by atoms with Crippen molar-refractivity contribution in [2.75, 3.05) is 24.3 Å². The second kappa shape index (κ2) is 21.2. The van der Waals surface area contributed by atoms with Crippen molar-refractivity contribution in [2.24, 2.45) is 52.3 Å². The number of fused-ring (bicyclic) bond motifs is 1. The van der Waals surface area contributed by atoms with Gasteiger partial charge in [0.1, 0.15) is 18.0 Å². The zero-order chi connectivity index (χ0) is 42.6. The summed E-state index contributed by atoms with van der Waals surface area (Å²) in [5.74, 6) is 4.63. The van der Waals surface area contributed by atoms with Crippen LogP contribution >= 0.6 is 0 Å². The summed E-state index contributed by atoms with van der Waals surface area (Å²) in [6.45, 7) is 19.7. The second-order valence-electron chi connectivity index (χ2n) is 18.6. The third-order valence-electron chi connectivity index (χ3n) is 14.7. The number of rotatable bonds is 12. The van der Waals surface area contributed by atoms with E-state index in [-0.39, 0.29) is 29.5 Å². The molecule has 0 aromatic heterocycles. The van der Waals surface area contributed by atoms with E-state index in [0.29, 0.717) is 40.9 Å². The zero-order valence-electron chi connectivity index (χ0n) is 37.0. The van der Waals surface area contributed by atoms with E-state index in [0.717, 1.165) is 60.6 Å². The summed E-state index contributed by atoms with van der Waals surface area (Å²) in [5.41, 5.74) is 21.1. The fourth-order valence-corrected chi connectivity index (χ4v) is 10.9. The van der Waals surface area contributed by atoms with E-state index in [1.54, 1.807) is 43.5 Å². The maximum Gasteiger partial charge on any atom is 0.338 e. The van der Waals surface area contributed by atoms with Gasteiger partial charge in [-0.15, -0.1) is 0 Å². The molecule has 3 aliphatic carbocycles. The summed E-state index contributed by atoms with van der Waals surface area (Å²) >= 11 is 0. The van der Waals surface area contributed by atoms with E-state index < -0.39 is 0 Å². The maximum absolute atomic E-state index is 13.4. The SMILES string of the molecule is CCC1(C)C(C(C)CCCC(C)C)CCC1C1CC(OC(=O)c2ccc(N)cc2)C2CC(OC=O)CCC2(C)C1C.COc1ccc(N)cc1.Cc1ccc(N)cc1.